The van der Waals surface area contributed by atoms with Crippen molar-refractivity contribution in [2.24, 2.45) is 0 Å². The third kappa shape index (κ3) is 2.15. The van der Waals surface area contributed by atoms with Gasteiger partial charge in [-0.1, -0.05) is 35.3 Å². The van der Waals surface area contributed by atoms with E-state index in [-0.39, 0.29) is 27.3 Å². The van der Waals surface area contributed by atoms with Crippen LogP contribution in [0.2, 0.25) is 10.0 Å². The summed E-state index contributed by atoms with van der Waals surface area (Å²) >= 11 is 11.7. The van der Waals surface area contributed by atoms with E-state index in [0.29, 0.717) is 16.9 Å². The topological polar surface area (TPSA) is 46.5 Å². The Kier molecular flexibility index (Phi) is 3.16. The molecular weight excluding hydrogens is 299 g/mol. The number of carbonyl (C=O) groups is 1. The van der Waals surface area contributed by atoms with Crippen LogP contribution in [0, 0.1) is 0 Å². The predicted octanol–water partition coefficient (Wildman–Crippen LogP) is 4.32. The first kappa shape index (κ1) is 13.0. The Morgan fingerprint density at radius 3 is 2.40 bits per heavy atom. The van der Waals surface area contributed by atoms with Gasteiger partial charge < -0.3 is 9.84 Å². The molecule has 0 amide bonds. The number of Topliss-reactive ketones (excluding diaryl/α,β-unsaturated/α-hetero) is 1. The van der Waals surface area contributed by atoms with Crippen molar-refractivity contribution in [3.8, 4) is 11.5 Å². The highest BCUT2D eigenvalue weighted by molar-refractivity contribution is 6.37. The second-order valence-electron chi connectivity index (χ2n) is 4.27. The van der Waals surface area contributed by atoms with E-state index < -0.39 is 0 Å². The van der Waals surface area contributed by atoms with Crippen molar-refractivity contribution >= 4 is 35.1 Å². The first-order valence-corrected chi connectivity index (χ1v) is 6.53. The van der Waals surface area contributed by atoms with Gasteiger partial charge in [0.05, 0.1) is 15.6 Å². The maximum Gasteiger partial charge on any atom is 0.231 e. The molecule has 100 valence electrons. The van der Waals surface area contributed by atoms with Gasteiger partial charge in [0.25, 0.3) is 0 Å². The number of para-hydroxylation sites is 1. The van der Waals surface area contributed by atoms with Crippen LogP contribution in [-0.2, 0) is 0 Å². The van der Waals surface area contributed by atoms with Gasteiger partial charge >= 0.3 is 0 Å². The van der Waals surface area contributed by atoms with Crippen molar-refractivity contribution in [1.82, 2.24) is 0 Å². The lowest BCUT2D eigenvalue weighted by molar-refractivity contribution is 0.101. The molecule has 5 heteroatoms. The highest BCUT2D eigenvalue weighted by Gasteiger charge is 2.26. The summed E-state index contributed by atoms with van der Waals surface area (Å²) in [5.41, 5.74) is 1.10. The third-order valence-corrected chi connectivity index (χ3v) is 3.49. The summed E-state index contributed by atoms with van der Waals surface area (Å²) in [6.45, 7) is 0. The molecule has 2 aromatic carbocycles. The average Bonchev–Trinajstić information content (AvgIpc) is 2.73. The number of halogens is 2. The lowest BCUT2D eigenvalue weighted by atomic mass is 10.1. The lowest BCUT2D eigenvalue weighted by Gasteiger charge is -2.03. The van der Waals surface area contributed by atoms with E-state index in [4.69, 9.17) is 27.9 Å². The molecule has 0 radical (unpaired) electrons. The molecule has 0 spiro atoms. The average molecular weight is 307 g/mol. The summed E-state index contributed by atoms with van der Waals surface area (Å²) in [7, 11) is 0. The SMILES string of the molecule is O=C1C(=Cc2cc(Cl)c(O)c(Cl)c2)Oc2ccccc21. The molecule has 0 saturated carbocycles. The van der Waals surface area contributed by atoms with Gasteiger partial charge in [-0.25, -0.2) is 0 Å². The van der Waals surface area contributed by atoms with Crippen molar-refractivity contribution < 1.29 is 14.6 Å². The Balaban J connectivity index is 2.02. The van der Waals surface area contributed by atoms with Gasteiger partial charge in [0.15, 0.2) is 11.5 Å². The number of carbonyl (C=O) groups excluding carboxylic acids is 1. The van der Waals surface area contributed by atoms with E-state index in [1.54, 1.807) is 30.3 Å². The van der Waals surface area contributed by atoms with Crippen molar-refractivity contribution in [3.63, 3.8) is 0 Å². The predicted molar refractivity (Wildman–Crippen MR) is 77.5 cm³/mol. The van der Waals surface area contributed by atoms with Gasteiger partial charge in [0, 0.05) is 0 Å². The van der Waals surface area contributed by atoms with E-state index in [1.807, 2.05) is 0 Å². The minimum atomic E-state index is -0.194. The van der Waals surface area contributed by atoms with Crippen LogP contribution in [0.25, 0.3) is 6.08 Å². The van der Waals surface area contributed by atoms with E-state index in [1.165, 1.54) is 12.1 Å². The summed E-state index contributed by atoms with van der Waals surface area (Å²) in [6.07, 6.45) is 1.54. The van der Waals surface area contributed by atoms with Crippen LogP contribution in [0.3, 0.4) is 0 Å². The van der Waals surface area contributed by atoms with E-state index in [2.05, 4.69) is 0 Å². The molecule has 20 heavy (non-hydrogen) atoms. The molecule has 0 fully saturated rings. The second kappa shape index (κ2) is 4.85. The monoisotopic (exact) mass is 306 g/mol. The smallest absolute Gasteiger partial charge is 0.231 e. The van der Waals surface area contributed by atoms with Crippen LogP contribution >= 0.6 is 23.2 Å². The lowest BCUT2D eigenvalue weighted by Crippen LogP contribution is -1.98. The number of phenols is 1. The van der Waals surface area contributed by atoms with Crippen LogP contribution in [0.1, 0.15) is 15.9 Å². The number of hydrogen-bond donors (Lipinski definition) is 1. The van der Waals surface area contributed by atoms with Crippen molar-refractivity contribution in [2.45, 2.75) is 0 Å². The number of rotatable bonds is 1. The number of ether oxygens (including phenoxy) is 1. The second-order valence-corrected chi connectivity index (χ2v) is 5.08. The van der Waals surface area contributed by atoms with Gasteiger partial charge in [-0.3, -0.25) is 4.79 Å². The highest BCUT2D eigenvalue weighted by Crippen LogP contribution is 2.35. The summed E-state index contributed by atoms with van der Waals surface area (Å²) < 4.78 is 5.50. The molecule has 0 aliphatic carbocycles. The molecule has 0 saturated heterocycles. The van der Waals surface area contributed by atoms with Crippen molar-refractivity contribution in [2.75, 3.05) is 0 Å². The Labute approximate surface area is 125 Å². The Morgan fingerprint density at radius 2 is 1.75 bits per heavy atom. The summed E-state index contributed by atoms with van der Waals surface area (Å²) in [5.74, 6) is 0.349. The molecule has 1 heterocycles. The van der Waals surface area contributed by atoms with Gasteiger partial charge in [-0.05, 0) is 35.9 Å². The minimum Gasteiger partial charge on any atom is -0.505 e. The molecule has 0 atom stereocenters. The third-order valence-electron chi connectivity index (χ3n) is 2.91. The summed E-state index contributed by atoms with van der Waals surface area (Å²) in [6, 6.07) is 10.0. The molecule has 0 aromatic heterocycles. The first-order valence-electron chi connectivity index (χ1n) is 5.77. The van der Waals surface area contributed by atoms with Crippen LogP contribution in [-0.4, -0.2) is 10.9 Å². The molecule has 3 nitrogen and oxygen atoms in total. The van der Waals surface area contributed by atoms with Crippen molar-refractivity contribution in [3.05, 3.63) is 63.3 Å². The Bertz CT molecular complexity index is 728. The van der Waals surface area contributed by atoms with Crippen LogP contribution in [0.4, 0.5) is 0 Å². The van der Waals surface area contributed by atoms with E-state index >= 15 is 0 Å². The molecule has 1 aliphatic heterocycles. The van der Waals surface area contributed by atoms with Gasteiger partial charge in [-0.2, -0.15) is 0 Å². The number of benzene rings is 2. The zero-order chi connectivity index (χ0) is 14.3. The summed E-state index contributed by atoms with van der Waals surface area (Å²) in [5, 5.41) is 9.74. The number of aromatic hydroxyl groups is 1. The molecule has 0 unspecified atom stereocenters. The van der Waals surface area contributed by atoms with E-state index in [9.17, 15) is 9.90 Å². The first-order chi connectivity index (χ1) is 9.56. The summed E-state index contributed by atoms with van der Waals surface area (Å²) in [4.78, 5) is 12.1. The van der Waals surface area contributed by atoms with Gasteiger partial charge in [0.1, 0.15) is 5.75 Å². The minimum absolute atomic E-state index is 0.118. The fourth-order valence-electron chi connectivity index (χ4n) is 1.96. The fourth-order valence-corrected chi connectivity index (χ4v) is 2.46. The van der Waals surface area contributed by atoms with Crippen LogP contribution < -0.4 is 4.74 Å². The number of hydrogen-bond acceptors (Lipinski definition) is 3. The van der Waals surface area contributed by atoms with E-state index in [0.717, 1.165) is 0 Å². The molecular formula is C15H8Cl2O3. The Hall–Kier alpha value is -1.97. The quantitative estimate of drug-likeness (QED) is 0.798. The highest BCUT2D eigenvalue weighted by atomic mass is 35.5. The zero-order valence-electron chi connectivity index (χ0n) is 10.1. The standard InChI is InChI=1S/C15H8Cl2O3/c16-10-5-8(6-11(17)15(10)19)7-13-14(18)9-3-1-2-4-12(9)20-13/h1-7,19H. The largest absolute Gasteiger partial charge is 0.505 e. The number of phenolic OH excluding ortho intramolecular Hbond substituents is 1. The maximum absolute atomic E-state index is 12.1. The van der Waals surface area contributed by atoms with Gasteiger partial charge in [0.2, 0.25) is 5.78 Å². The zero-order valence-corrected chi connectivity index (χ0v) is 11.6. The van der Waals surface area contributed by atoms with Gasteiger partial charge in [-0.15, -0.1) is 0 Å². The molecule has 0 bridgehead atoms. The number of allylic oxidation sites excluding steroid dienone is 1. The van der Waals surface area contributed by atoms with Crippen molar-refractivity contribution in [1.29, 1.82) is 0 Å². The number of ketones is 1. The maximum atomic E-state index is 12.1. The Morgan fingerprint density at radius 1 is 1.10 bits per heavy atom. The number of fused-ring (bicyclic) bond motifs is 1. The fraction of sp³-hybridized carbons (Fsp3) is 0. The van der Waals surface area contributed by atoms with Crippen LogP contribution in [0.5, 0.6) is 11.5 Å². The molecule has 1 aliphatic rings. The molecule has 2 aromatic rings. The van der Waals surface area contributed by atoms with Crippen LogP contribution in [0.15, 0.2) is 42.2 Å². The molecule has 1 N–H and O–H groups in total. The normalized spacial score (nSPS) is 15.3. The molecule has 3 rings (SSSR count).